The minimum Gasteiger partial charge on any atom is -0.354 e. The Morgan fingerprint density at radius 3 is 2.80 bits per heavy atom. The summed E-state index contributed by atoms with van der Waals surface area (Å²) in [7, 11) is 0. The van der Waals surface area contributed by atoms with E-state index in [0.29, 0.717) is 11.8 Å². The van der Waals surface area contributed by atoms with Crippen LogP contribution in [-0.2, 0) is 0 Å². The smallest absolute Gasteiger partial charge is 0.223 e. The number of anilines is 1. The minimum absolute atomic E-state index is 0.637. The van der Waals surface area contributed by atoms with Gasteiger partial charge in [-0.2, -0.15) is 0 Å². The third-order valence-corrected chi connectivity index (χ3v) is 4.67. The van der Waals surface area contributed by atoms with Gasteiger partial charge in [0.2, 0.25) is 5.95 Å². The van der Waals surface area contributed by atoms with Crippen LogP contribution in [0.1, 0.15) is 25.7 Å². The Kier molecular flexibility index (Phi) is 4.36. The normalized spacial score (nSPS) is 22.9. The Hall–Kier alpha value is -1.35. The quantitative estimate of drug-likeness (QED) is 0.862. The van der Waals surface area contributed by atoms with Crippen LogP contribution in [0.5, 0.6) is 0 Å². The summed E-state index contributed by atoms with van der Waals surface area (Å²) >= 11 is 6.08. The first-order valence-corrected chi connectivity index (χ1v) is 7.92. The van der Waals surface area contributed by atoms with Crippen LogP contribution < -0.4 is 5.32 Å². The molecule has 0 bridgehead atoms. The van der Waals surface area contributed by atoms with Crippen molar-refractivity contribution >= 4 is 28.5 Å². The number of para-hydroxylation sites is 1. The van der Waals surface area contributed by atoms with Crippen molar-refractivity contribution < 1.29 is 0 Å². The molecule has 3 nitrogen and oxygen atoms in total. The van der Waals surface area contributed by atoms with E-state index in [1.807, 2.05) is 30.5 Å². The molecule has 1 fully saturated rings. The number of halogens is 1. The van der Waals surface area contributed by atoms with Crippen molar-refractivity contribution in [3.8, 4) is 0 Å². The van der Waals surface area contributed by atoms with Crippen LogP contribution in [0, 0.1) is 11.8 Å². The van der Waals surface area contributed by atoms with Crippen molar-refractivity contribution in [2.24, 2.45) is 11.8 Å². The largest absolute Gasteiger partial charge is 0.354 e. The first-order chi connectivity index (χ1) is 9.86. The standard InChI is InChI=1S/C16H20ClN3/c17-9-12-5-1-2-6-13(12)10-18-16-19-11-14-7-3-4-8-15(14)20-16/h3-4,7-8,11-13H,1-2,5-6,9-10H2,(H,18,19,20). The summed E-state index contributed by atoms with van der Waals surface area (Å²) in [6.07, 6.45) is 7.04. The lowest BCUT2D eigenvalue weighted by molar-refractivity contribution is 0.271. The van der Waals surface area contributed by atoms with E-state index in [4.69, 9.17) is 11.6 Å². The predicted molar refractivity (Wildman–Crippen MR) is 84.2 cm³/mol. The Labute approximate surface area is 124 Å². The maximum absolute atomic E-state index is 6.08. The molecule has 0 spiro atoms. The van der Waals surface area contributed by atoms with Gasteiger partial charge in [0, 0.05) is 24.0 Å². The molecule has 1 aromatic heterocycles. The molecule has 20 heavy (non-hydrogen) atoms. The molecule has 2 aromatic rings. The summed E-state index contributed by atoms with van der Waals surface area (Å²) in [5.74, 6) is 2.78. The van der Waals surface area contributed by atoms with E-state index in [1.54, 1.807) is 0 Å². The van der Waals surface area contributed by atoms with Crippen LogP contribution in [0.2, 0.25) is 0 Å². The number of hydrogen-bond acceptors (Lipinski definition) is 3. The number of nitrogens with one attached hydrogen (secondary N) is 1. The number of hydrogen-bond donors (Lipinski definition) is 1. The molecular formula is C16H20ClN3. The highest BCUT2D eigenvalue weighted by Crippen LogP contribution is 2.30. The molecule has 106 valence electrons. The fourth-order valence-corrected chi connectivity index (χ4v) is 3.44. The molecule has 1 aliphatic carbocycles. The van der Waals surface area contributed by atoms with E-state index < -0.39 is 0 Å². The summed E-state index contributed by atoms with van der Waals surface area (Å²) < 4.78 is 0. The SMILES string of the molecule is ClCC1CCCCC1CNc1ncc2ccccc2n1. The van der Waals surface area contributed by atoms with Crippen LogP contribution in [0.25, 0.3) is 10.9 Å². The van der Waals surface area contributed by atoms with Gasteiger partial charge in [-0.3, -0.25) is 0 Å². The molecule has 2 atom stereocenters. The number of alkyl halides is 1. The Morgan fingerprint density at radius 1 is 1.15 bits per heavy atom. The Morgan fingerprint density at radius 2 is 1.95 bits per heavy atom. The van der Waals surface area contributed by atoms with Gasteiger partial charge in [0.15, 0.2) is 0 Å². The van der Waals surface area contributed by atoms with E-state index in [9.17, 15) is 0 Å². The van der Waals surface area contributed by atoms with E-state index in [2.05, 4.69) is 15.3 Å². The monoisotopic (exact) mass is 289 g/mol. The predicted octanol–water partition coefficient (Wildman–Crippen LogP) is 4.09. The fourth-order valence-electron chi connectivity index (χ4n) is 3.04. The van der Waals surface area contributed by atoms with E-state index in [1.165, 1.54) is 25.7 Å². The third kappa shape index (κ3) is 3.04. The van der Waals surface area contributed by atoms with E-state index >= 15 is 0 Å². The van der Waals surface area contributed by atoms with Crippen LogP contribution in [-0.4, -0.2) is 22.4 Å². The molecule has 1 aliphatic rings. The Balaban J connectivity index is 1.67. The molecule has 1 heterocycles. The van der Waals surface area contributed by atoms with Gasteiger partial charge in [-0.25, -0.2) is 9.97 Å². The minimum atomic E-state index is 0.637. The third-order valence-electron chi connectivity index (χ3n) is 4.28. The van der Waals surface area contributed by atoms with E-state index in [0.717, 1.165) is 29.3 Å². The van der Waals surface area contributed by atoms with Gasteiger partial charge in [0.1, 0.15) is 0 Å². The van der Waals surface area contributed by atoms with Crippen molar-refractivity contribution in [2.75, 3.05) is 17.7 Å². The fraction of sp³-hybridized carbons (Fsp3) is 0.500. The van der Waals surface area contributed by atoms with Gasteiger partial charge < -0.3 is 5.32 Å². The lowest BCUT2D eigenvalue weighted by atomic mass is 9.80. The van der Waals surface area contributed by atoms with Crippen LogP contribution >= 0.6 is 11.6 Å². The lowest BCUT2D eigenvalue weighted by Gasteiger charge is -2.30. The zero-order valence-electron chi connectivity index (χ0n) is 11.6. The molecule has 0 aliphatic heterocycles. The van der Waals surface area contributed by atoms with Gasteiger partial charge >= 0.3 is 0 Å². The van der Waals surface area contributed by atoms with Gasteiger partial charge in [0.05, 0.1) is 5.52 Å². The van der Waals surface area contributed by atoms with Crippen LogP contribution in [0.3, 0.4) is 0 Å². The zero-order valence-corrected chi connectivity index (χ0v) is 12.3. The number of nitrogens with zero attached hydrogens (tertiary/aromatic N) is 2. The maximum atomic E-state index is 6.08. The van der Waals surface area contributed by atoms with Gasteiger partial charge in [0.25, 0.3) is 0 Å². The second kappa shape index (κ2) is 6.40. The summed E-state index contributed by atoms with van der Waals surface area (Å²) in [6.45, 7) is 0.926. The molecular weight excluding hydrogens is 270 g/mol. The summed E-state index contributed by atoms with van der Waals surface area (Å²) in [5.41, 5.74) is 0.988. The van der Waals surface area contributed by atoms with Crippen LogP contribution in [0.4, 0.5) is 5.95 Å². The second-order valence-electron chi connectivity index (χ2n) is 5.59. The number of aromatic nitrogens is 2. The molecule has 1 aromatic carbocycles. The molecule has 0 saturated heterocycles. The van der Waals surface area contributed by atoms with Crippen molar-refractivity contribution in [3.63, 3.8) is 0 Å². The molecule has 1 N–H and O–H groups in total. The molecule has 0 radical (unpaired) electrons. The number of rotatable bonds is 4. The molecule has 2 unspecified atom stereocenters. The highest BCUT2D eigenvalue weighted by molar-refractivity contribution is 6.18. The molecule has 1 saturated carbocycles. The van der Waals surface area contributed by atoms with Gasteiger partial charge in [-0.1, -0.05) is 31.0 Å². The van der Waals surface area contributed by atoms with Crippen LogP contribution in [0.15, 0.2) is 30.5 Å². The van der Waals surface area contributed by atoms with E-state index in [-0.39, 0.29) is 0 Å². The first-order valence-electron chi connectivity index (χ1n) is 7.38. The van der Waals surface area contributed by atoms with Crippen molar-refractivity contribution in [1.29, 1.82) is 0 Å². The highest BCUT2D eigenvalue weighted by Gasteiger charge is 2.24. The lowest BCUT2D eigenvalue weighted by Crippen LogP contribution is -2.27. The molecule has 0 amide bonds. The van der Waals surface area contributed by atoms with Crippen molar-refractivity contribution in [1.82, 2.24) is 9.97 Å². The second-order valence-corrected chi connectivity index (χ2v) is 5.90. The average molecular weight is 290 g/mol. The summed E-state index contributed by atoms with van der Waals surface area (Å²) in [5, 5.41) is 4.47. The Bertz CT molecular complexity index is 572. The van der Waals surface area contributed by atoms with Gasteiger partial charge in [-0.05, 0) is 30.7 Å². The number of benzene rings is 1. The average Bonchev–Trinajstić information content (AvgIpc) is 2.53. The highest BCUT2D eigenvalue weighted by atomic mass is 35.5. The van der Waals surface area contributed by atoms with Crippen molar-refractivity contribution in [3.05, 3.63) is 30.5 Å². The number of fused-ring (bicyclic) bond motifs is 1. The maximum Gasteiger partial charge on any atom is 0.223 e. The molecule has 4 heteroatoms. The zero-order chi connectivity index (χ0) is 13.8. The topological polar surface area (TPSA) is 37.8 Å². The van der Waals surface area contributed by atoms with Gasteiger partial charge in [-0.15, -0.1) is 11.6 Å². The first kappa shape index (κ1) is 13.6. The summed E-state index contributed by atoms with van der Waals surface area (Å²) in [6, 6.07) is 8.06. The molecule has 3 rings (SSSR count). The van der Waals surface area contributed by atoms with Crippen molar-refractivity contribution in [2.45, 2.75) is 25.7 Å². The summed E-state index contributed by atoms with van der Waals surface area (Å²) in [4.78, 5) is 8.94.